The van der Waals surface area contributed by atoms with E-state index in [9.17, 15) is 19.5 Å². The Morgan fingerprint density at radius 3 is 2.20 bits per heavy atom. The van der Waals surface area contributed by atoms with Crippen molar-refractivity contribution in [2.45, 2.75) is 31.2 Å². The topological polar surface area (TPSA) is 118 Å². The van der Waals surface area contributed by atoms with Crippen LogP contribution in [-0.4, -0.2) is 40.7 Å². The van der Waals surface area contributed by atoms with E-state index in [-0.39, 0.29) is 30.0 Å². The summed E-state index contributed by atoms with van der Waals surface area (Å²) < 4.78 is 5.53. The number of fused-ring (bicyclic) bond motifs is 3. The molecule has 0 radical (unpaired) electrons. The van der Waals surface area contributed by atoms with Crippen LogP contribution in [0.3, 0.4) is 0 Å². The maximum absolute atomic E-state index is 12.6. The molecule has 2 aliphatic rings. The van der Waals surface area contributed by atoms with Crippen LogP contribution in [0.15, 0.2) is 66.7 Å². The van der Waals surface area contributed by atoms with Gasteiger partial charge < -0.3 is 15.2 Å². The average Bonchev–Trinajstić information content (AvgIpc) is 3.15. The molecule has 1 heterocycles. The molecule has 1 saturated carbocycles. The fraction of sp³-hybridized carbons (Fsp3) is 0.259. The van der Waals surface area contributed by atoms with Crippen molar-refractivity contribution >= 4 is 23.8 Å². The van der Waals surface area contributed by atoms with E-state index in [1.54, 1.807) is 12.1 Å². The van der Waals surface area contributed by atoms with Crippen LogP contribution in [0.2, 0.25) is 0 Å². The predicted molar refractivity (Wildman–Crippen MR) is 129 cm³/mol. The number of rotatable bonds is 7. The number of carbonyl (C=O) groups is 3. The SMILES string of the molecule is O=C(Nc1cccc(C(=O)NC(C(=O)O)C2CCC2)n1)OCC1c2ccccc2-c2ccccc21. The largest absolute Gasteiger partial charge is 0.480 e. The van der Waals surface area contributed by atoms with Crippen LogP contribution in [0.1, 0.15) is 46.8 Å². The van der Waals surface area contributed by atoms with Gasteiger partial charge in [0.1, 0.15) is 24.2 Å². The first-order valence-electron chi connectivity index (χ1n) is 11.6. The van der Waals surface area contributed by atoms with Crippen LogP contribution in [0.4, 0.5) is 10.6 Å². The molecule has 8 heteroatoms. The lowest BCUT2D eigenvalue weighted by molar-refractivity contribution is -0.141. The lowest BCUT2D eigenvalue weighted by Gasteiger charge is -2.31. The van der Waals surface area contributed by atoms with Gasteiger partial charge >= 0.3 is 12.1 Å². The fourth-order valence-corrected chi connectivity index (χ4v) is 4.74. The van der Waals surface area contributed by atoms with Gasteiger partial charge in [0, 0.05) is 5.92 Å². The first-order valence-corrected chi connectivity index (χ1v) is 11.6. The number of aliphatic carboxylic acids is 1. The normalized spacial score (nSPS) is 15.3. The summed E-state index contributed by atoms with van der Waals surface area (Å²) in [6.07, 6.45) is 1.82. The van der Waals surface area contributed by atoms with Crippen molar-refractivity contribution in [1.29, 1.82) is 0 Å². The molecule has 3 aromatic rings. The number of carbonyl (C=O) groups excluding carboxylic acids is 2. The Balaban J connectivity index is 1.22. The summed E-state index contributed by atoms with van der Waals surface area (Å²) in [7, 11) is 0. The Bertz CT molecular complexity index is 1240. The molecule has 1 fully saturated rings. The predicted octanol–water partition coefficient (Wildman–Crippen LogP) is 4.43. The summed E-state index contributed by atoms with van der Waals surface area (Å²) in [6, 6.07) is 19.8. The van der Waals surface area contributed by atoms with E-state index in [1.165, 1.54) is 6.07 Å². The number of amides is 2. The molecule has 0 saturated heterocycles. The zero-order valence-corrected chi connectivity index (χ0v) is 18.9. The lowest BCUT2D eigenvalue weighted by Crippen LogP contribution is -2.48. The number of carboxylic acids is 1. The number of aromatic nitrogens is 1. The number of nitrogens with one attached hydrogen (secondary N) is 2. The molecule has 35 heavy (non-hydrogen) atoms. The smallest absolute Gasteiger partial charge is 0.412 e. The summed E-state index contributed by atoms with van der Waals surface area (Å²) >= 11 is 0. The molecule has 1 atom stereocenters. The molecular formula is C27H25N3O5. The molecule has 5 rings (SSSR count). The first-order chi connectivity index (χ1) is 17.0. The molecule has 1 unspecified atom stereocenters. The van der Waals surface area contributed by atoms with Gasteiger partial charge in [0.05, 0.1) is 0 Å². The van der Waals surface area contributed by atoms with Crippen LogP contribution in [0.25, 0.3) is 11.1 Å². The molecule has 2 amide bonds. The molecule has 178 valence electrons. The van der Waals surface area contributed by atoms with Gasteiger partial charge in [-0.2, -0.15) is 0 Å². The minimum Gasteiger partial charge on any atom is -0.480 e. The molecule has 8 nitrogen and oxygen atoms in total. The van der Waals surface area contributed by atoms with E-state index in [0.717, 1.165) is 41.5 Å². The highest BCUT2D eigenvalue weighted by Crippen LogP contribution is 2.44. The molecular weight excluding hydrogens is 446 g/mol. The number of anilines is 1. The standard InChI is InChI=1S/C27H25N3O5/c31-25(30-24(26(32)33)16-7-5-8-16)22-13-6-14-23(28-22)29-27(34)35-15-21-19-11-3-1-9-17(19)18-10-2-4-12-20(18)21/h1-4,6,9-14,16,21,24H,5,7-8,15H2,(H,30,31)(H,32,33)(H,28,29,34). The molecule has 0 aliphatic heterocycles. The van der Waals surface area contributed by atoms with Gasteiger partial charge in [-0.15, -0.1) is 0 Å². The van der Waals surface area contributed by atoms with E-state index < -0.39 is 24.0 Å². The summed E-state index contributed by atoms with van der Waals surface area (Å²) in [5.41, 5.74) is 4.51. The Kier molecular flexibility index (Phi) is 6.18. The van der Waals surface area contributed by atoms with Gasteiger partial charge in [-0.3, -0.25) is 10.1 Å². The minimum atomic E-state index is -1.06. The average molecular weight is 472 g/mol. The molecule has 3 N–H and O–H groups in total. The summed E-state index contributed by atoms with van der Waals surface area (Å²) in [6.45, 7) is 0.154. The van der Waals surface area contributed by atoms with Crippen LogP contribution in [-0.2, 0) is 9.53 Å². The van der Waals surface area contributed by atoms with Gasteiger partial charge in [-0.05, 0) is 53.1 Å². The van der Waals surface area contributed by atoms with Crippen molar-refractivity contribution in [3.8, 4) is 11.1 Å². The fourth-order valence-electron chi connectivity index (χ4n) is 4.74. The molecule has 2 aliphatic carbocycles. The molecule has 2 aromatic carbocycles. The number of ether oxygens (including phenoxy) is 1. The molecule has 1 aromatic heterocycles. The van der Waals surface area contributed by atoms with E-state index in [0.29, 0.717) is 0 Å². The monoisotopic (exact) mass is 471 g/mol. The van der Waals surface area contributed by atoms with Crippen molar-refractivity contribution in [2.75, 3.05) is 11.9 Å². The van der Waals surface area contributed by atoms with Crippen molar-refractivity contribution in [1.82, 2.24) is 10.3 Å². The van der Waals surface area contributed by atoms with Gasteiger partial charge in [-0.1, -0.05) is 61.0 Å². The Hall–Kier alpha value is -4.20. The van der Waals surface area contributed by atoms with Gasteiger partial charge in [-0.25, -0.2) is 14.6 Å². The van der Waals surface area contributed by atoms with Crippen molar-refractivity contribution < 1.29 is 24.2 Å². The second-order valence-electron chi connectivity index (χ2n) is 8.84. The van der Waals surface area contributed by atoms with Crippen LogP contribution < -0.4 is 10.6 Å². The maximum atomic E-state index is 12.6. The number of pyridine rings is 1. The molecule has 0 spiro atoms. The minimum absolute atomic E-state index is 0.0204. The van der Waals surface area contributed by atoms with Crippen LogP contribution >= 0.6 is 0 Å². The number of nitrogens with zero attached hydrogens (tertiary/aromatic N) is 1. The Morgan fingerprint density at radius 1 is 0.943 bits per heavy atom. The van der Waals surface area contributed by atoms with E-state index >= 15 is 0 Å². The third-order valence-corrected chi connectivity index (χ3v) is 6.73. The van der Waals surface area contributed by atoms with Crippen molar-refractivity contribution in [3.05, 3.63) is 83.6 Å². The summed E-state index contributed by atoms with van der Waals surface area (Å²) in [4.78, 5) is 40.8. The van der Waals surface area contributed by atoms with E-state index in [1.807, 2.05) is 36.4 Å². The summed E-state index contributed by atoms with van der Waals surface area (Å²) in [5.74, 6) is -1.65. The van der Waals surface area contributed by atoms with Crippen molar-refractivity contribution in [3.63, 3.8) is 0 Å². The number of carboxylic acid groups (broad SMARTS) is 1. The third-order valence-electron chi connectivity index (χ3n) is 6.73. The van der Waals surface area contributed by atoms with E-state index in [2.05, 4.69) is 27.8 Å². The van der Waals surface area contributed by atoms with Crippen LogP contribution in [0.5, 0.6) is 0 Å². The second kappa shape index (κ2) is 9.58. The first kappa shape index (κ1) is 22.6. The Labute approximate surface area is 202 Å². The Morgan fingerprint density at radius 2 is 1.60 bits per heavy atom. The second-order valence-corrected chi connectivity index (χ2v) is 8.84. The highest BCUT2D eigenvalue weighted by atomic mass is 16.5. The quantitative estimate of drug-likeness (QED) is 0.469. The van der Waals surface area contributed by atoms with Gasteiger partial charge in [0.25, 0.3) is 5.91 Å². The third kappa shape index (κ3) is 4.59. The van der Waals surface area contributed by atoms with E-state index in [4.69, 9.17) is 4.74 Å². The zero-order valence-electron chi connectivity index (χ0n) is 18.9. The highest BCUT2D eigenvalue weighted by Gasteiger charge is 2.34. The highest BCUT2D eigenvalue weighted by molar-refractivity contribution is 5.96. The van der Waals surface area contributed by atoms with Crippen molar-refractivity contribution in [2.24, 2.45) is 5.92 Å². The van der Waals surface area contributed by atoms with Crippen LogP contribution in [0, 0.1) is 5.92 Å². The number of benzene rings is 2. The zero-order chi connectivity index (χ0) is 24.4. The van der Waals surface area contributed by atoms with Gasteiger partial charge in [0.2, 0.25) is 0 Å². The number of hydrogen-bond acceptors (Lipinski definition) is 5. The lowest BCUT2D eigenvalue weighted by atomic mass is 9.79. The van der Waals surface area contributed by atoms with Gasteiger partial charge in [0.15, 0.2) is 0 Å². The molecule has 0 bridgehead atoms. The number of hydrogen-bond donors (Lipinski definition) is 3. The summed E-state index contributed by atoms with van der Waals surface area (Å²) in [5, 5.41) is 14.6. The maximum Gasteiger partial charge on any atom is 0.412 e.